The molecule has 0 atom stereocenters. The van der Waals surface area contributed by atoms with E-state index in [-0.39, 0.29) is 28.8 Å². The number of carbonyl (C=O) groups excluding carboxylic acids is 1. The predicted octanol–water partition coefficient (Wildman–Crippen LogP) is 1.62. The molecule has 0 bridgehead atoms. The van der Waals surface area contributed by atoms with Crippen LogP contribution in [0.5, 0.6) is 0 Å². The number of amides is 1. The van der Waals surface area contributed by atoms with Crippen molar-refractivity contribution < 1.29 is 9.53 Å². The van der Waals surface area contributed by atoms with Crippen molar-refractivity contribution in [3.05, 3.63) is 33.9 Å². The SMILES string of the molecule is COC1(C)CCN(c2c(C#N)c(=O)[nH]c3cnc(C(=O)NC4CCN(C)CC4)cc23)CC1. The normalized spacial score (nSPS) is 19.6. The van der Waals surface area contributed by atoms with E-state index in [1.807, 2.05) is 0 Å². The van der Waals surface area contributed by atoms with Crippen LogP contribution < -0.4 is 15.8 Å². The molecule has 0 aliphatic carbocycles. The number of hydrogen-bond donors (Lipinski definition) is 2. The molecule has 0 saturated carbocycles. The number of piperidine rings is 2. The average Bonchev–Trinajstić information content (AvgIpc) is 2.80. The molecule has 9 nitrogen and oxygen atoms in total. The molecule has 170 valence electrons. The van der Waals surface area contributed by atoms with Crippen LogP contribution in [0.25, 0.3) is 10.9 Å². The zero-order valence-corrected chi connectivity index (χ0v) is 18.9. The van der Waals surface area contributed by atoms with E-state index < -0.39 is 5.56 Å². The third kappa shape index (κ3) is 4.33. The van der Waals surface area contributed by atoms with E-state index in [0.717, 1.165) is 38.8 Å². The minimum atomic E-state index is -0.444. The Balaban J connectivity index is 1.68. The van der Waals surface area contributed by atoms with Crippen LogP contribution in [0.1, 0.15) is 48.7 Å². The van der Waals surface area contributed by atoms with Gasteiger partial charge in [0.2, 0.25) is 0 Å². The molecule has 1 amide bonds. The Morgan fingerprint density at radius 2 is 2.00 bits per heavy atom. The minimum Gasteiger partial charge on any atom is -0.378 e. The van der Waals surface area contributed by atoms with Crippen LogP contribution in [0.3, 0.4) is 0 Å². The Bertz CT molecular complexity index is 1110. The Morgan fingerprint density at radius 1 is 1.31 bits per heavy atom. The molecule has 9 heteroatoms. The van der Waals surface area contributed by atoms with Crippen LogP contribution in [-0.2, 0) is 4.74 Å². The molecular weight excluding hydrogens is 408 g/mol. The molecule has 2 saturated heterocycles. The van der Waals surface area contributed by atoms with Gasteiger partial charge >= 0.3 is 0 Å². The number of aromatic nitrogens is 2. The molecule has 4 heterocycles. The number of nitrogens with zero attached hydrogens (tertiary/aromatic N) is 4. The molecule has 2 N–H and O–H groups in total. The average molecular weight is 439 g/mol. The van der Waals surface area contributed by atoms with E-state index in [1.165, 1.54) is 6.20 Å². The van der Waals surface area contributed by atoms with E-state index in [0.29, 0.717) is 29.7 Å². The van der Waals surface area contributed by atoms with Gasteiger partial charge in [0.15, 0.2) is 0 Å². The van der Waals surface area contributed by atoms with Gasteiger partial charge in [0.05, 0.1) is 23.0 Å². The number of nitrogens with one attached hydrogen (secondary N) is 2. The summed E-state index contributed by atoms with van der Waals surface area (Å²) in [5, 5.41) is 13.5. The monoisotopic (exact) mass is 438 g/mol. The first-order chi connectivity index (χ1) is 15.3. The van der Waals surface area contributed by atoms with Gasteiger partial charge < -0.3 is 24.8 Å². The summed E-state index contributed by atoms with van der Waals surface area (Å²) in [7, 11) is 3.79. The fourth-order valence-electron chi connectivity index (χ4n) is 4.55. The van der Waals surface area contributed by atoms with Gasteiger partial charge in [-0.1, -0.05) is 0 Å². The van der Waals surface area contributed by atoms with Gasteiger partial charge in [-0.25, -0.2) is 4.98 Å². The molecule has 32 heavy (non-hydrogen) atoms. The maximum Gasteiger partial charge on any atom is 0.270 e. The lowest BCUT2D eigenvalue weighted by Crippen LogP contribution is -2.44. The number of likely N-dealkylation sites (tertiary alicyclic amines) is 1. The van der Waals surface area contributed by atoms with Gasteiger partial charge in [0, 0.05) is 31.6 Å². The molecule has 2 aliphatic rings. The van der Waals surface area contributed by atoms with Crippen molar-refractivity contribution >= 4 is 22.5 Å². The first-order valence-corrected chi connectivity index (χ1v) is 11.1. The number of methoxy groups -OCH3 is 1. The fraction of sp³-hybridized carbons (Fsp3) is 0.565. The molecule has 0 aromatic carbocycles. The molecule has 2 fully saturated rings. The highest BCUT2D eigenvalue weighted by atomic mass is 16.5. The number of pyridine rings is 2. The van der Waals surface area contributed by atoms with Crippen LogP contribution in [0.2, 0.25) is 0 Å². The highest BCUT2D eigenvalue weighted by Gasteiger charge is 2.32. The number of hydrogen-bond acceptors (Lipinski definition) is 7. The number of anilines is 1. The Kier molecular flexibility index (Phi) is 6.17. The second-order valence-corrected chi connectivity index (χ2v) is 9.10. The summed E-state index contributed by atoms with van der Waals surface area (Å²) in [6.45, 7) is 5.26. The number of rotatable bonds is 4. The van der Waals surface area contributed by atoms with Crippen LogP contribution in [0.4, 0.5) is 5.69 Å². The van der Waals surface area contributed by atoms with E-state index in [2.05, 4.69) is 45.1 Å². The Morgan fingerprint density at radius 3 is 2.62 bits per heavy atom. The largest absolute Gasteiger partial charge is 0.378 e. The summed E-state index contributed by atoms with van der Waals surface area (Å²) in [5.74, 6) is -0.234. The predicted molar refractivity (Wildman–Crippen MR) is 122 cm³/mol. The van der Waals surface area contributed by atoms with E-state index in [1.54, 1.807) is 13.2 Å². The Labute approximate surface area is 187 Å². The van der Waals surface area contributed by atoms with Crippen molar-refractivity contribution in [1.82, 2.24) is 20.2 Å². The standard InChI is InChI=1S/C23H30N6O3/c1-23(32-3)6-10-29(11-7-23)20-16-12-18(22(31)26-15-4-8-28(2)9-5-15)25-14-19(16)27-21(30)17(20)13-24/h12,14-15H,4-11H2,1-3H3,(H,26,31)(H,27,30). The quantitative estimate of drug-likeness (QED) is 0.746. The maximum atomic E-state index is 12.9. The zero-order chi connectivity index (χ0) is 22.9. The highest BCUT2D eigenvalue weighted by Crippen LogP contribution is 2.33. The molecule has 0 radical (unpaired) electrons. The number of fused-ring (bicyclic) bond motifs is 1. The van der Waals surface area contributed by atoms with Crippen molar-refractivity contribution in [2.45, 2.75) is 44.2 Å². The molecule has 0 spiro atoms. The third-order valence-electron chi connectivity index (χ3n) is 6.90. The van der Waals surface area contributed by atoms with Gasteiger partial charge in [-0.05, 0) is 58.8 Å². The van der Waals surface area contributed by atoms with Crippen molar-refractivity contribution in [1.29, 1.82) is 5.26 Å². The summed E-state index contributed by atoms with van der Waals surface area (Å²) >= 11 is 0. The fourth-order valence-corrected chi connectivity index (χ4v) is 4.55. The lowest BCUT2D eigenvalue weighted by molar-refractivity contribution is -0.0132. The van der Waals surface area contributed by atoms with Gasteiger partial charge in [0.1, 0.15) is 17.3 Å². The van der Waals surface area contributed by atoms with Gasteiger partial charge in [-0.15, -0.1) is 0 Å². The van der Waals surface area contributed by atoms with Crippen molar-refractivity contribution in [3.8, 4) is 6.07 Å². The summed E-state index contributed by atoms with van der Waals surface area (Å²) in [6, 6.07) is 3.87. The van der Waals surface area contributed by atoms with Crippen molar-refractivity contribution in [2.75, 3.05) is 45.2 Å². The van der Waals surface area contributed by atoms with Crippen LogP contribution in [0.15, 0.2) is 17.1 Å². The van der Waals surface area contributed by atoms with E-state index in [9.17, 15) is 14.9 Å². The lowest BCUT2D eigenvalue weighted by Gasteiger charge is -2.40. The van der Waals surface area contributed by atoms with Crippen LogP contribution in [0, 0.1) is 11.3 Å². The maximum absolute atomic E-state index is 12.9. The lowest BCUT2D eigenvalue weighted by atomic mass is 9.92. The van der Waals surface area contributed by atoms with Crippen molar-refractivity contribution in [3.63, 3.8) is 0 Å². The summed E-state index contributed by atoms with van der Waals surface area (Å²) in [6.07, 6.45) is 4.86. The second-order valence-electron chi connectivity index (χ2n) is 9.10. The van der Waals surface area contributed by atoms with Gasteiger partial charge in [-0.2, -0.15) is 5.26 Å². The summed E-state index contributed by atoms with van der Waals surface area (Å²) < 4.78 is 5.63. The minimum absolute atomic E-state index is 0.0615. The number of carbonyl (C=O) groups is 1. The first kappa shape index (κ1) is 22.2. The number of H-pyrrole nitrogens is 1. The first-order valence-electron chi connectivity index (χ1n) is 11.1. The summed E-state index contributed by atoms with van der Waals surface area (Å²) in [5.41, 5.74) is 0.764. The van der Waals surface area contributed by atoms with Crippen LogP contribution >= 0.6 is 0 Å². The number of nitriles is 1. The summed E-state index contributed by atoms with van der Waals surface area (Å²) in [4.78, 5) is 36.8. The molecule has 0 unspecified atom stereocenters. The van der Waals surface area contributed by atoms with Crippen LogP contribution in [-0.4, -0.2) is 72.8 Å². The van der Waals surface area contributed by atoms with E-state index >= 15 is 0 Å². The molecule has 4 rings (SSSR count). The van der Waals surface area contributed by atoms with Crippen molar-refractivity contribution in [2.24, 2.45) is 0 Å². The number of ether oxygens (including phenoxy) is 1. The second kappa shape index (κ2) is 8.88. The van der Waals surface area contributed by atoms with E-state index in [4.69, 9.17) is 4.74 Å². The third-order valence-corrected chi connectivity index (χ3v) is 6.90. The zero-order valence-electron chi connectivity index (χ0n) is 18.9. The van der Waals surface area contributed by atoms with Gasteiger partial charge in [-0.3, -0.25) is 9.59 Å². The molecule has 2 aliphatic heterocycles. The topological polar surface area (TPSA) is 114 Å². The molecular formula is C23H30N6O3. The Hall–Kier alpha value is -2.96. The highest BCUT2D eigenvalue weighted by molar-refractivity contribution is 6.00. The smallest absolute Gasteiger partial charge is 0.270 e. The van der Waals surface area contributed by atoms with Gasteiger partial charge in [0.25, 0.3) is 11.5 Å². The molecule has 2 aromatic rings. The number of aromatic amines is 1. The molecule has 2 aromatic heterocycles.